The second-order valence-electron chi connectivity index (χ2n) is 4.57. The van der Waals surface area contributed by atoms with E-state index in [1.807, 2.05) is 12.1 Å². The lowest BCUT2D eigenvalue weighted by atomic mass is 10.1. The molecule has 0 aliphatic carbocycles. The van der Waals surface area contributed by atoms with Crippen LogP contribution in [0.25, 0.3) is 0 Å². The minimum atomic E-state index is -0.0973. The molecule has 18 heavy (non-hydrogen) atoms. The molecular weight excluding hydrogens is 456 g/mol. The molecule has 0 saturated carbocycles. The van der Waals surface area contributed by atoms with Crippen LogP contribution >= 0.6 is 45.2 Å². The number of aromatic hydroxyl groups is 1. The number of benzene rings is 1. The van der Waals surface area contributed by atoms with Crippen LogP contribution in [-0.2, 0) is 0 Å². The molecule has 5 heteroatoms. The Labute approximate surface area is 135 Å². The predicted molar refractivity (Wildman–Crippen MR) is 91.5 cm³/mol. The monoisotopic (exact) mass is 473 g/mol. The van der Waals surface area contributed by atoms with E-state index in [0.29, 0.717) is 11.5 Å². The zero-order valence-electron chi connectivity index (χ0n) is 10.4. The van der Waals surface area contributed by atoms with Crippen molar-refractivity contribution in [2.75, 3.05) is 6.61 Å². The highest BCUT2D eigenvalue weighted by molar-refractivity contribution is 14.1. The van der Waals surface area contributed by atoms with Crippen molar-refractivity contribution in [3.8, 4) is 5.75 Å². The van der Waals surface area contributed by atoms with Gasteiger partial charge in [-0.3, -0.25) is 4.99 Å². The largest absolute Gasteiger partial charge is 0.506 e. The molecule has 1 rings (SSSR count). The number of phenols is 1. The topological polar surface area (TPSA) is 52.8 Å². The molecule has 1 atom stereocenters. The summed E-state index contributed by atoms with van der Waals surface area (Å²) in [4.78, 5) is 4.35. The van der Waals surface area contributed by atoms with Gasteiger partial charge in [0, 0.05) is 15.3 Å². The fourth-order valence-corrected chi connectivity index (χ4v) is 3.49. The summed E-state index contributed by atoms with van der Waals surface area (Å²) in [7, 11) is 0. The van der Waals surface area contributed by atoms with E-state index in [1.165, 1.54) is 0 Å². The molecule has 100 valence electrons. The molecule has 3 nitrogen and oxygen atoms in total. The maximum absolute atomic E-state index is 9.92. The van der Waals surface area contributed by atoms with Gasteiger partial charge < -0.3 is 10.2 Å². The molecule has 0 fully saturated rings. The van der Waals surface area contributed by atoms with Gasteiger partial charge in [-0.2, -0.15) is 0 Å². The fourth-order valence-electron chi connectivity index (χ4n) is 1.60. The van der Waals surface area contributed by atoms with Gasteiger partial charge in [0.15, 0.2) is 0 Å². The van der Waals surface area contributed by atoms with Crippen molar-refractivity contribution in [1.82, 2.24) is 0 Å². The molecule has 1 aromatic rings. The quantitative estimate of drug-likeness (QED) is 0.509. The van der Waals surface area contributed by atoms with Crippen molar-refractivity contribution in [3.63, 3.8) is 0 Å². The minimum Gasteiger partial charge on any atom is -0.506 e. The summed E-state index contributed by atoms with van der Waals surface area (Å²) in [5.74, 6) is 0.741. The Hall–Kier alpha value is 0.110. The first kappa shape index (κ1) is 16.2. The molecule has 0 aromatic heterocycles. The summed E-state index contributed by atoms with van der Waals surface area (Å²) >= 11 is 4.30. The van der Waals surface area contributed by atoms with Crippen LogP contribution in [0.2, 0.25) is 0 Å². The second-order valence-corrected chi connectivity index (χ2v) is 6.98. The molecule has 0 amide bonds. The third kappa shape index (κ3) is 5.00. The normalized spacial score (nSPS) is 13.4. The van der Waals surface area contributed by atoms with Crippen molar-refractivity contribution in [2.24, 2.45) is 10.9 Å². The number of nitrogens with zero attached hydrogens (tertiary/aromatic N) is 1. The SMILES string of the molecule is CC(C)C[C@H](CO)N=Cc1cc(I)cc(I)c1O. The summed E-state index contributed by atoms with van der Waals surface area (Å²) in [6.45, 7) is 4.24. The molecule has 0 aliphatic heterocycles. The van der Waals surface area contributed by atoms with Crippen molar-refractivity contribution in [1.29, 1.82) is 0 Å². The average Bonchev–Trinajstić information content (AvgIpc) is 2.29. The van der Waals surface area contributed by atoms with Gasteiger partial charge >= 0.3 is 0 Å². The van der Waals surface area contributed by atoms with E-state index < -0.39 is 0 Å². The van der Waals surface area contributed by atoms with Gasteiger partial charge in [0.2, 0.25) is 0 Å². The Morgan fingerprint density at radius 3 is 2.56 bits per heavy atom. The van der Waals surface area contributed by atoms with E-state index in [1.54, 1.807) is 6.21 Å². The molecule has 0 radical (unpaired) electrons. The van der Waals surface area contributed by atoms with E-state index in [9.17, 15) is 10.2 Å². The Kier molecular flexibility index (Phi) is 6.86. The fraction of sp³-hybridized carbons (Fsp3) is 0.462. The lowest BCUT2D eigenvalue weighted by Crippen LogP contribution is -2.13. The van der Waals surface area contributed by atoms with Gasteiger partial charge in [0.05, 0.1) is 16.2 Å². The van der Waals surface area contributed by atoms with Crippen LogP contribution in [-0.4, -0.2) is 29.1 Å². The maximum atomic E-state index is 9.92. The van der Waals surface area contributed by atoms with Crippen LogP contribution in [0.15, 0.2) is 17.1 Å². The third-order valence-corrected chi connectivity index (χ3v) is 3.88. The van der Waals surface area contributed by atoms with E-state index in [0.717, 1.165) is 13.6 Å². The van der Waals surface area contributed by atoms with Crippen LogP contribution in [0, 0.1) is 13.1 Å². The van der Waals surface area contributed by atoms with Crippen LogP contribution in [0.3, 0.4) is 0 Å². The second kappa shape index (κ2) is 7.64. The Morgan fingerprint density at radius 1 is 1.33 bits per heavy atom. The number of halogens is 2. The Balaban J connectivity index is 2.89. The van der Waals surface area contributed by atoms with Gasteiger partial charge in [0.1, 0.15) is 5.75 Å². The predicted octanol–water partition coefficient (Wildman–Crippen LogP) is 3.43. The number of phenolic OH excluding ortho intramolecular Hbond substituents is 1. The number of rotatable bonds is 5. The number of hydrogen-bond acceptors (Lipinski definition) is 3. The molecular formula is C13H17I2NO2. The Morgan fingerprint density at radius 2 is 2.00 bits per heavy atom. The summed E-state index contributed by atoms with van der Waals surface area (Å²) in [6.07, 6.45) is 2.50. The highest BCUT2D eigenvalue weighted by atomic mass is 127. The maximum Gasteiger partial charge on any atom is 0.137 e. The standard InChI is InChI=1S/C13H17I2NO2/c1-8(2)3-11(7-17)16-6-9-4-10(14)5-12(15)13(9)18/h4-6,8,11,17-18H,3,7H2,1-2H3/t11-/m1/s1. The van der Waals surface area contributed by atoms with E-state index in [4.69, 9.17) is 0 Å². The first-order chi connectivity index (χ1) is 8.43. The summed E-state index contributed by atoms with van der Waals surface area (Å²) < 4.78 is 1.87. The molecule has 0 unspecified atom stereocenters. The van der Waals surface area contributed by atoms with Gasteiger partial charge in [-0.15, -0.1) is 0 Å². The summed E-state index contributed by atoms with van der Waals surface area (Å²) in [5.41, 5.74) is 0.702. The van der Waals surface area contributed by atoms with Crippen LogP contribution < -0.4 is 0 Å². The van der Waals surface area contributed by atoms with Gasteiger partial charge in [-0.05, 0) is 69.7 Å². The first-order valence-electron chi connectivity index (χ1n) is 5.76. The third-order valence-electron chi connectivity index (χ3n) is 2.44. The molecule has 0 saturated heterocycles. The van der Waals surface area contributed by atoms with Gasteiger partial charge in [-0.25, -0.2) is 0 Å². The molecule has 0 aliphatic rings. The zero-order chi connectivity index (χ0) is 13.7. The lowest BCUT2D eigenvalue weighted by Gasteiger charge is -2.11. The number of hydrogen-bond donors (Lipinski definition) is 2. The molecule has 0 bridgehead atoms. The van der Waals surface area contributed by atoms with Crippen molar-refractivity contribution >= 4 is 51.4 Å². The number of aliphatic hydroxyl groups is 1. The highest BCUT2D eigenvalue weighted by Crippen LogP contribution is 2.25. The van der Waals surface area contributed by atoms with Crippen molar-refractivity contribution < 1.29 is 10.2 Å². The van der Waals surface area contributed by atoms with Crippen LogP contribution in [0.4, 0.5) is 0 Å². The highest BCUT2D eigenvalue weighted by Gasteiger charge is 2.09. The minimum absolute atomic E-state index is 0.0382. The lowest BCUT2D eigenvalue weighted by molar-refractivity contribution is 0.251. The van der Waals surface area contributed by atoms with Gasteiger partial charge in [0.25, 0.3) is 0 Å². The zero-order valence-corrected chi connectivity index (χ0v) is 14.7. The molecule has 0 heterocycles. The van der Waals surface area contributed by atoms with Gasteiger partial charge in [-0.1, -0.05) is 13.8 Å². The smallest absolute Gasteiger partial charge is 0.137 e. The van der Waals surface area contributed by atoms with E-state index >= 15 is 0 Å². The van der Waals surface area contributed by atoms with Crippen molar-refractivity contribution in [3.05, 3.63) is 24.8 Å². The summed E-state index contributed by atoms with van der Waals surface area (Å²) in [5, 5.41) is 19.2. The number of aliphatic imine (C=N–C) groups is 1. The first-order valence-corrected chi connectivity index (χ1v) is 7.91. The molecule has 0 spiro atoms. The van der Waals surface area contributed by atoms with E-state index in [-0.39, 0.29) is 18.4 Å². The molecule has 1 aromatic carbocycles. The molecule has 2 N–H and O–H groups in total. The van der Waals surface area contributed by atoms with E-state index in [2.05, 4.69) is 64.0 Å². The number of aliphatic hydroxyl groups excluding tert-OH is 1. The summed E-state index contributed by atoms with van der Waals surface area (Å²) in [6, 6.07) is 3.69. The van der Waals surface area contributed by atoms with Crippen LogP contribution in [0.5, 0.6) is 5.75 Å². The van der Waals surface area contributed by atoms with Crippen LogP contribution in [0.1, 0.15) is 25.8 Å². The van der Waals surface area contributed by atoms with Crippen molar-refractivity contribution in [2.45, 2.75) is 26.3 Å². The Bertz CT molecular complexity index is 433. The average molecular weight is 473 g/mol.